The van der Waals surface area contributed by atoms with Crippen molar-refractivity contribution < 1.29 is 8.42 Å². The first-order valence-corrected chi connectivity index (χ1v) is 6.76. The predicted molar refractivity (Wildman–Crippen MR) is 62.6 cm³/mol. The van der Waals surface area contributed by atoms with E-state index in [2.05, 4.69) is 20.0 Å². The zero-order valence-corrected chi connectivity index (χ0v) is 10.00. The van der Waals surface area contributed by atoms with E-state index in [1.165, 1.54) is 0 Å². The molecule has 0 fully saturated rings. The molecule has 0 aliphatic rings. The van der Waals surface area contributed by atoms with Crippen LogP contribution in [0, 0.1) is 0 Å². The Kier molecular flexibility index (Phi) is 5.13. The van der Waals surface area contributed by atoms with Crippen molar-refractivity contribution in [3.05, 3.63) is 18.6 Å². The summed E-state index contributed by atoms with van der Waals surface area (Å²) in [6, 6.07) is 0. The number of rotatable bonds is 7. The van der Waals surface area contributed by atoms with Gasteiger partial charge in [-0.3, -0.25) is 4.98 Å². The van der Waals surface area contributed by atoms with E-state index in [-0.39, 0.29) is 5.75 Å². The van der Waals surface area contributed by atoms with Crippen LogP contribution in [0.2, 0.25) is 0 Å². The molecule has 0 aliphatic carbocycles. The minimum Gasteiger partial charge on any atom is -0.369 e. The van der Waals surface area contributed by atoms with Gasteiger partial charge < -0.3 is 5.32 Å². The van der Waals surface area contributed by atoms with Crippen LogP contribution in [0.25, 0.3) is 0 Å². The molecule has 2 N–H and O–H groups in total. The van der Waals surface area contributed by atoms with Crippen molar-refractivity contribution in [2.45, 2.75) is 13.3 Å². The smallest absolute Gasteiger partial charge is 0.211 e. The van der Waals surface area contributed by atoms with E-state index in [9.17, 15) is 8.42 Å². The molecule has 0 saturated carbocycles. The lowest BCUT2D eigenvalue weighted by molar-refractivity contribution is 0.581. The second kappa shape index (κ2) is 6.39. The van der Waals surface area contributed by atoms with Crippen LogP contribution in [0.5, 0.6) is 0 Å². The third-order valence-corrected chi connectivity index (χ3v) is 3.33. The maximum atomic E-state index is 11.1. The molecule has 0 aliphatic heterocycles. The fourth-order valence-corrected chi connectivity index (χ4v) is 1.68. The second-order valence-corrected chi connectivity index (χ2v) is 5.26. The number of anilines is 1. The Morgan fingerprint density at radius 2 is 2.12 bits per heavy atom. The molecule has 1 aromatic rings. The Hall–Kier alpha value is -1.21. The minimum absolute atomic E-state index is 0.116. The topological polar surface area (TPSA) is 84.0 Å². The van der Waals surface area contributed by atoms with Gasteiger partial charge in [0.25, 0.3) is 0 Å². The lowest BCUT2D eigenvalue weighted by Crippen LogP contribution is -2.27. The van der Waals surface area contributed by atoms with Gasteiger partial charge in [0.15, 0.2) is 0 Å². The highest BCUT2D eigenvalue weighted by Crippen LogP contribution is 1.96. The molecule has 0 spiro atoms. The van der Waals surface area contributed by atoms with E-state index in [1.807, 2.05) is 0 Å². The average Bonchev–Trinajstić information content (AvgIpc) is 2.30. The zero-order chi connectivity index (χ0) is 11.9. The van der Waals surface area contributed by atoms with E-state index < -0.39 is 10.0 Å². The van der Waals surface area contributed by atoms with E-state index in [4.69, 9.17) is 0 Å². The van der Waals surface area contributed by atoms with Gasteiger partial charge in [0.05, 0.1) is 11.9 Å². The van der Waals surface area contributed by atoms with Gasteiger partial charge in [-0.2, -0.15) is 0 Å². The van der Waals surface area contributed by atoms with E-state index in [0.29, 0.717) is 25.3 Å². The zero-order valence-electron chi connectivity index (χ0n) is 9.18. The van der Waals surface area contributed by atoms with Crippen molar-refractivity contribution in [1.82, 2.24) is 14.7 Å². The number of nitrogens with one attached hydrogen (secondary N) is 2. The number of nitrogens with zero attached hydrogens (tertiary/aromatic N) is 2. The molecular formula is C9H16N4O2S. The fraction of sp³-hybridized carbons (Fsp3) is 0.556. The normalized spacial score (nSPS) is 11.3. The fourth-order valence-electron chi connectivity index (χ4n) is 1.02. The van der Waals surface area contributed by atoms with Crippen LogP contribution in [0.15, 0.2) is 18.6 Å². The number of hydrogen-bond acceptors (Lipinski definition) is 5. The monoisotopic (exact) mass is 244 g/mol. The molecule has 0 aromatic carbocycles. The maximum absolute atomic E-state index is 11.1. The van der Waals surface area contributed by atoms with Gasteiger partial charge in [0.2, 0.25) is 10.0 Å². The van der Waals surface area contributed by atoms with Crippen LogP contribution in [-0.2, 0) is 10.0 Å². The Bertz CT molecular complexity index is 393. The highest BCUT2D eigenvalue weighted by Gasteiger charge is 2.03. The van der Waals surface area contributed by atoms with Crippen molar-refractivity contribution in [2.24, 2.45) is 0 Å². The highest BCUT2D eigenvalue weighted by atomic mass is 32.2. The highest BCUT2D eigenvalue weighted by molar-refractivity contribution is 7.89. The summed E-state index contributed by atoms with van der Waals surface area (Å²) in [5, 5.41) is 3.04. The van der Waals surface area contributed by atoms with Crippen LogP contribution in [-0.4, -0.2) is 37.2 Å². The number of sulfonamides is 1. The summed E-state index contributed by atoms with van der Waals surface area (Å²) in [5.74, 6) is 0.811. The molecule has 0 unspecified atom stereocenters. The van der Waals surface area contributed by atoms with Crippen LogP contribution in [0.1, 0.15) is 13.3 Å². The molecule has 0 radical (unpaired) electrons. The summed E-state index contributed by atoms with van der Waals surface area (Å²) in [6.45, 7) is 2.70. The first kappa shape index (κ1) is 12.9. The van der Waals surface area contributed by atoms with Crippen molar-refractivity contribution in [1.29, 1.82) is 0 Å². The summed E-state index contributed by atoms with van der Waals surface area (Å²) >= 11 is 0. The molecule has 0 atom stereocenters. The van der Waals surface area contributed by atoms with Crippen molar-refractivity contribution in [3.8, 4) is 0 Å². The van der Waals surface area contributed by atoms with Crippen molar-refractivity contribution in [2.75, 3.05) is 24.2 Å². The van der Waals surface area contributed by atoms with Gasteiger partial charge in [-0.25, -0.2) is 18.1 Å². The molecule has 6 nitrogen and oxygen atoms in total. The lowest BCUT2D eigenvalue weighted by atomic mass is 10.4. The minimum atomic E-state index is -3.07. The largest absolute Gasteiger partial charge is 0.369 e. The van der Waals surface area contributed by atoms with Crippen molar-refractivity contribution in [3.63, 3.8) is 0 Å². The van der Waals surface area contributed by atoms with Crippen molar-refractivity contribution >= 4 is 15.8 Å². The molecule has 1 heterocycles. The quantitative estimate of drug-likeness (QED) is 0.670. The molecule has 0 amide bonds. The Labute approximate surface area is 95.6 Å². The molecule has 1 aromatic heterocycles. The second-order valence-electron chi connectivity index (χ2n) is 3.17. The van der Waals surface area contributed by atoms with Gasteiger partial charge in [-0.05, 0) is 13.3 Å². The number of aromatic nitrogens is 2. The maximum Gasteiger partial charge on any atom is 0.211 e. The van der Waals surface area contributed by atoms with Gasteiger partial charge in [0, 0.05) is 25.5 Å². The Balaban J connectivity index is 2.14. The predicted octanol–water partition coefficient (Wildman–Crippen LogP) is 0.218. The van der Waals surface area contributed by atoms with E-state index >= 15 is 0 Å². The van der Waals surface area contributed by atoms with E-state index in [0.717, 1.165) is 0 Å². The first-order chi connectivity index (χ1) is 7.64. The molecule has 90 valence electrons. The van der Waals surface area contributed by atoms with Gasteiger partial charge in [-0.15, -0.1) is 0 Å². The van der Waals surface area contributed by atoms with Gasteiger partial charge >= 0.3 is 0 Å². The van der Waals surface area contributed by atoms with Gasteiger partial charge in [-0.1, -0.05) is 0 Å². The Morgan fingerprint density at radius 1 is 1.31 bits per heavy atom. The molecule has 0 bridgehead atoms. The average molecular weight is 244 g/mol. The van der Waals surface area contributed by atoms with Crippen LogP contribution < -0.4 is 10.0 Å². The molecule has 16 heavy (non-hydrogen) atoms. The van der Waals surface area contributed by atoms with Crippen LogP contribution in [0.3, 0.4) is 0 Å². The standard InChI is InChI=1S/C9H16N4O2S/c1-2-16(14,15)13-5-3-4-11-9-8-10-6-7-12-9/h6-8,13H,2-5H2,1H3,(H,11,12). The first-order valence-electron chi connectivity index (χ1n) is 5.11. The summed E-state index contributed by atoms with van der Waals surface area (Å²) in [4.78, 5) is 7.93. The SMILES string of the molecule is CCS(=O)(=O)NCCCNc1cnccn1. The molecule has 0 saturated heterocycles. The summed E-state index contributed by atoms with van der Waals surface area (Å²) in [7, 11) is -3.07. The third-order valence-electron chi connectivity index (χ3n) is 1.92. The molecule has 7 heteroatoms. The van der Waals surface area contributed by atoms with Gasteiger partial charge in [0.1, 0.15) is 5.82 Å². The molecule has 1 rings (SSSR count). The van der Waals surface area contributed by atoms with E-state index in [1.54, 1.807) is 25.5 Å². The lowest BCUT2D eigenvalue weighted by Gasteiger charge is -2.05. The van der Waals surface area contributed by atoms with Crippen LogP contribution >= 0.6 is 0 Å². The summed E-state index contributed by atoms with van der Waals surface area (Å²) < 4.78 is 24.6. The Morgan fingerprint density at radius 3 is 2.75 bits per heavy atom. The number of hydrogen-bond donors (Lipinski definition) is 2. The third kappa shape index (κ3) is 5.04. The summed E-state index contributed by atoms with van der Waals surface area (Å²) in [6.07, 6.45) is 5.52. The van der Waals surface area contributed by atoms with Crippen LogP contribution in [0.4, 0.5) is 5.82 Å². The summed E-state index contributed by atoms with van der Waals surface area (Å²) in [5.41, 5.74) is 0. The molecular weight excluding hydrogens is 228 g/mol.